The fourth-order valence-electron chi connectivity index (χ4n) is 6.76. The molecule has 57 heavy (non-hydrogen) atoms. The highest BCUT2D eigenvalue weighted by Gasteiger charge is 2.28. The summed E-state index contributed by atoms with van der Waals surface area (Å²) in [4.78, 5) is 17.9. The molecule has 1 aromatic heterocycles. The van der Waals surface area contributed by atoms with Crippen molar-refractivity contribution in [2.75, 3.05) is 45.1 Å². The van der Waals surface area contributed by atoms with Crippen molar-refractivity contribution in [1.29, 1.82) is 0 Å². The van der Waals surface area contributed by atoms with E-state index in [2.05, 4.69) is 63.2 Å². The van der Waals surface area contributed by atoms with Crippen molar-refractivity contribution in [2.45, 2.75) is 78.2 Å². The van der Waals surface area contributed by atoms with Crippen LogP contribution in [0.5, 0.6) is 17.2 Å². The molecule has 9 nitrogen and oxygen atoms in total. The number of fused-ring (bicyclic) bond motifs is 1. The standard InChI is InChI=1S/C47H57N3O6S/c1-46(2,3)37-18-16-34(17-19-37)41-25-24-40(30-36(41)31-48-50(26-27-53-29-28-52-7)45-49-42-10-8-9-11-43(42)57-45)54-32-33-12-14-35(15-13-33)44(51)55-38-20-22-39(23-21-38)56-47(4,5)6/h8-11,16-25,30-31,33,35H,12-15,26-29,32H2,1-7H3/b48-31+. The van der Waals surface area contributed by atoms with E-state index in [1.807, 2.05) is 68.4 Å². The summed E-state index contributed by atoms with van der Waals surface area (Å²) in [6.07, 6.45) is 5.25. The van der Waals surface area contributed by atoms with Crippen molar-refractivity contribution in [1.82, 2.24) is 4.98 Å². The second-order valence-electron chi connectivity index (χ2n) is 16.6. The van der Waals surface area contributed by atoms with Gasteiger partial charge < -0.3 is 23.7 Å². The molecule has 0 saturated heterocycles. The number of anilines is 1. The summed E-state index contributed by atoms with van der Waals surface area (Å²) in [5, 5.41) is 7.74. The number of para-hydroxylation sites is 1. The van der Waals surface area contributed by atoms with Gasteiger partial charge in [0.05, 0.1) is 55.3 Å². The number of hydrazone groups is 1. The maximum absolute atomic E-state index is 13.1. The molecule has 6 rings (SSSR count). The monoisotopic (exact) mass is 791 g/mol. The Hall–Kier alpha value is -4.77. The maximum Gasteiger partial charge on any atom is 0.314 e. The Morgan fingerprint density at radius 2 is 1.54 bits per heavy atom. The lowest BCUT2D eigenvalue weighted by Gasteiger charge is -2.27. The predicted octanol–water partition coefficient (Wildman–Crippen LogP) is 10.7. The molecule has 0 radical (unpaired) electrons. The van der Waals surface area contributed by atoms with Gasteiger partial charge in [0.25, 0.3) is 0 Å². The first-order valence-electron chi connectivity index (χ1n) is 20.0. The number of benzene rings is 4. The first kappa shape index (κ1) is 41.9. The fraction of sp³-hybridized carbons (Fsp3) is 0.426. The highest BCUT2D eigenvalue weighted by atomic mass is 32.1. The van der Waals surface area contributed by atoms with Gasteiger partial charge >= 0.3 is 5.97 Å². The number of esters is 1. The fourth-order valence-corrected chi connectivity index (χ4v) is 7.71. The Balaban J connectivity index is 1.14. The molecule has 10 heteroatoms. The molecule has 0 aliphatic heterocycles. The summed E-state index contributed by atoms with van der Waals surface area (Å²) in [7, 11) is 1.67. The summed E-state index contributed by atoms with van der Waals surface area (Å²) >= 11 is 1.61. The molecule has 0 spiro atoms. The molecule has 0 amide bonds. The van der Waals surface area contributed by atoms with Crippen molar-refractivity contribution < 1.29 is 28.5 Å². The number of aromatic nitrogens is 1. The van der Waals surface area contributed by atoms with Crippen LogP contribution in [0.15, 0.2) is 96.1 Å². The predicted molar refractivity (Wildman–Crippen MR) is 231 cm³/mol. The SMILES string of the molecule is COCCOCCN(/N=C/c1cc(OCC2CCC(C(=O)Oc3ccc(OC(C)(C)C)cc3)CC2)ccc1-c1ccc(C(C)(C)C)cc1)c1nc2ccccc2s1. The third-order valence-corrected chi connectivity index (χ3v) is 11.0. The Morgan fingerprint density at radius 3 is 2.23 bits per heavy atom. The quantitative estimate of drug-likeness (QED) is 0.0321. The Morgan fingerprint density at radius 1 is 0.842 bits per heavy atom. The number of carbonyl (C=O) groups is 1. The summed E-state index contributed by atoms with van der Waals surface area (Å²) in [6, 6.07) is 30.4. The van der Waals surface area contributed by atoms with E-state index >= 15 is 0 Å². The van der Waals surface area contributed by atoms with Gasteiger partial charge in [0.1, 0.15) is 22.8 Å². The van der Waals surface area contributed by atoms with Crippen molar-refractivity contribution in [3.63, 3.8) is 0 Å². The lowest BCUT2D eigenvalue weighted by atomic mass is 9.82. The van der Waals surface area contributed by atoms with Gasteiger partial charge in [-0.25, -0.2) is 9.99 Å². The minimum Gasteiger partial charge on any atom is -0.493 e. The van der Waals surface area contributed by atoms with E-state index < -0.39 is 0 Å². The van der Waals surface area contributed by atoms with Gasteiger partial charge in [0.15, 0.2) is 0 Å². The van der Waals surface area contributed by atoms with Crippen molar-refractivity contribution >= 4 is 38.9 Å². The maximum atomic E-state index is 13.1. The number of thiazole rings is 1. The molecule has 4 aromatic carbocycles. The van der Waals surface area contributed by atoms with Crippen LogP contribution in [0.4, 0.5) is 5.13 Å². The summed E-state index contributed by atoms with van der Waals surface area (Å²) in [5.41, 5.74) is 5.08. The third kappa shape index (κ3) is 12.1. The Kier molecular flexibility index (Phi) is 14.0. The minimum absolute atomic E-state index is 0.0527. The van der Waals surface area contributed by atoms with Crippen LogP contribution in [-0.4, -0.2) is 62.9 Å². The molecule has 0 bridgehead atoms. The van der Waals surface area contributed by atoms with Crippen LogP contribution in [0.1, 0.15) is 78.4 Å². The average molecular weight is 792 g/mol. The molecule has 0 atom stereocenters. The molecule has 0 N–H and O–H groups in total. The smallest absolute Gasteiger partial charge is 0.314 e. The molecule has 1 aliphatic carbocycles. The van der Waals surface area contributed by atoms with Crippen molar-refractivity contribution in [3.8, 4) is 28.4 Å². The second-order valence-corrected chi connectivity index (χ2v) is 17.7. The Bertz CT molecular complexity index is 2040. The van der Waals surface area contributed by atoms with Gasteiger partial charge in [-0.1, -0.05) is 74.6 Å². The van der Waals surface area contributed by atoms with E-state index in [9.17, 15) is 4.79 Å². The third-order valence-electron chi connectivity index (χ3n) is 9.94. The van der Waals surface area contributed by atoms with Crippen LogP contribution < -0.4 is 19.2 Å². The average Bonchev–Trinajstić information content (AvgIpc) is 3.63. The van der Waals surface area contributed by atoms with E-state index in [1.54, 1.807) is 30.6 Å². The number of methoxy groups -OCH3 is 1. The number of carbonyl (C=O) groups excluding carboxylic acids is 1. The van der Waals surface area contributed by atoms with Gasteiger partial charge in [-0.2, -0.15) is 5.10 Å². The summed E-state index contributed by atoms with van der Waals surface area (Å²) < 4.78 is 30.2. The number of rotatable bonds is 16. The molecular weight excluding hydrogens is 735 g/mol. The van der Waals surface area contributed by atoms with E-state index in [4.69, 9.17) is 33.8 Å². The number of ether oxygens (including phenoxy) is 5. The molecule has 1 saturated carbocycles. The van der Waals surface area contributed by atoms with Gasteiger partial charge in [0.2, 0.25) is 5.13 Å². The zero-order valence-corrected chi connectivity index (χ0v) is 35.3. The number of hydrogen-bond donors (Lipinski definition) is 0. The van der Waals surface area contributed by atoms with E-state index in [1.165, 1.54) is 5.56 Å². The van der Waals surface area contributed by atoms with Gasteiger partial charge in [-0.3, -0.25) is 4.79 Å². The van der Waals surface area contributed by atoms with Crippen molar-refractivity contribution in [3.05, 3.63) is 102 Å². The van der Waals surface area contributed by atoms with Gasteiger partial charge in [0, 0.05) is 12.7 Å². The molecule has 5 aromatic rings. The topological polar surface area (TPSA) is 91.7 Å². The van der Waals surface area contributed by atoms with E-state index in [-0.39, 0.29) is 22.9 Å². The first-order valence-corrected chi connectivity index (χ1v) is 20.8. The highest BCUT2D eigenvalue weighted by Crippen LogP contribution is 2.34. The van der Waals surface area contributed by atoms with E-state index in [0.717, 1.165) is 69.2 Å². The van der Waals surface area contributed by atoms with Crippen LogP contribution in [0.3, 0.4) is 0 Å². The van der Waals surface area contributed by atoms with Crippen LogP contribution in [0.2, 0.25) is 0 Å². The molecular formula is C47H57N3O6S. The van der Waals surface area contributed by atoms with Gasteiger partial charge in [-0.15, -0.1) is 0 Å². The highest BCUT2D eigenvalue weighted by molar-refractivity contribution is 7.22. The molecule has 1 fully saturated rings. The number of nitrogens with zero attached hydrogens (tertiary/aromatic N) is 3. The number of hydrogen-bond acceptors (Lipinski definition) is 10. The van der Waals surface area contributed by atoms with Crippen LogP contribution in [0.25, 0.3) is 21.3 Å². The van der Waals surface area contributed by atoms with Crippen LogP contribution >= 0.6 is 11.3 Å². The van der Waals surface area contributed by atoms with E-state index in [0.29, 0.717) is 44.6 Å². The normalized spacial score (nSPS) is 16.2. The van der Waals surface area contributed by atoms with Crippen LogP contribution in [-0.2, 0) is 19.7 Å². The molecule has 1 heterocycles. The van der Waals surface area contributed by atoms with Gasteiger partial charge in [-0.05, 0) is 123 Å². The van der Waals surface area contributed by atoms with Crippen LogP contribution in [0, 0.1) is 11.8 Å². The lowest BCUT2D eigenvalue weighted by molar-refractivity contribution is -0.140. The zero-order chi connectivity index (χ0) is 40.4. The zero-order valence-electron chi connectivity index (χ0n) is 34.5. The molecule has 0 unspecified atom stereocenters. The minimum atomic E-state index is -0.292. The molecule has 302 valence electrons. The Labute approximate surface area is 342 Å². The summed E-state index contributed by atoms with van der Waals surface area (Å²) in [5.74, 6) is 2.12. The molecule has 1 aliphatic rings. The first-order chi connectivity index (χ1) is 27.3. The largest absolute Gasteiger partial charge is 0.493 e. The lowest BCUT2D eigenvalue weighted by Crippen LogP contribution is -2.27. The summed E-state index contributed by atoms with van der Waals surface area (Å²) in [6.45, 7) is 15.3. The van der Waals surface area contributed by atoms with Crippen molar-refractivity contribution in [2.24, 2.45) is 16.9 Å². The second kappa shape index (κ2) is 19.1.